The first-order chi connectivity index (χ1) is 15.4. The van der Waals surface area contributed by atoms with Crippen LogP contribution >= 0.6 is 0 Å². The van der Waals surface area contributed by atoms with Crippen molar-refractivity contribution < 1.29 is 27.1 Å². The van der Waals surface area contributed by atoms with E-state index in [1.807, 2.05) is 12.1 Å². The minimum atomic E-state index is -3.86. The number of para-hydroxylation sites is 4. The van der Waals surface area contributed by atoms with Crippen LogP contribution in [-0.2, 0) is 21.4 Å². The van der Waals surface area contributed by atoms with E-state index in [0.29, 0.717) is 22.5 Å². The number of carbonyl (C=O) groups is 1. The van der Waals surface area contributed by atoms with Gasteiger partial charge >= 0.3 is 5.97 Å². The van der Waals surface area contributed by atoms with E-state index in [-0.39, 0.29) is 23.0 Å². The molecule has 0 radical (unpaired) electrons. The molecule has 9 heteroatoms. The van der Waals surface area contributed by atoms with Gasteiger partial charge in [0, 0.05) is 7.05 Å². The van der Waals surface area contributed by atoms with Gasteiger partial charge < -0.3 is 13.9 Å². The van der Waals surface area contributed by atoms with Crippen LogP contribution < -0.4 is 9.04 Å². The number of methoxy groups -OCH3 is 1. The smallest absolute Gasteiger partial charge is 0.338 e. The number of hydrogen-bond acceptors (Lipinski definition) is 7. The Morgan fingerprint density at radius 2 is 1.69 bits per heavy atom. The zero-order valence-electron chi connectivity index (χ0n) is 17.4. The first-order valence-corrected chi connectivity index (χ1v) is 11.1. The number of sulfonamides is 1. The van der Waals surface area contributed by atoms with E-state index < -0.39 is 16.0 Å². The maximum absolute atomic E-state index is 13.0. The Labute approximate surface area is 185 Å². The van der Waals surface area contributed by atoms with Crippen molar-refractivity contribution in [2.24, 2.45) is 0 Å². The van der Waals surface area contributed by atoms with Crippen molar-refractivity contribution >= 4 is 32.8 Å². The molecule has 0 fully saturated rings. The molecule has 8 nitrogen and oxygen atoms in total. The summed E-state index contributed by atoms with van der Waals surface area (Å²) in [7, 11) is -0.948. The van der Waals surface area contributed by atoms with Crippen molar-refractivity contribution in [3.05, 3.63) is 84.3 Å². The third kappa shape index (κ3) is 4.15. The van der Waals surface area contributed by atoms with E-state index in [4.69, 9.17) is 13.9 Å². The number of aromatic nitrogens is 1. The lowest BCUT2D eigenvalue weighted by Crippen LogP contribution is -2.27. The highest BCUT2D eigenvalue weighted by Gasteiger charge is 2.24. The fourth-order valence-electron chi connectivity index (χ4n) is 3.13. The number of nitrogens with zero attached hydrogens (tertiary/aromatic N) is 2. The number of carbonyl (C=O) groups excluding carboxylic acids is 1. The lowest BCUT2D eigenvalue weighted by atomic mass is 10.2. The van der Waals surface area contributed by atoms with E-state index in [2.05, 4.69) is 4.98 Å². The third-order valence-corrected chi connectivity index (χ3v) is 6.62. The Morgan fingerprint density at radius 1 is 1.00 bits per heavy atom. The first kappa shape index (κ1) is 21.4. The molecule has 0 bridgehead atoms. The van der Waals surface area contributed by atoms with Crippen LogP contribution in [0.2, 0.25) is 0 Å². The summed E-state index contributed by atoms with van der Waals surface area (Å²) in [4.78, 5) is 16.6. The molecule has 4 rings (SSSR count). The minimum Gasteiger partial charge on any atom is -0.495 e. The zero-order chi connectivity index (χ0) is 22.7. The minimum absolute atomic E-state index is 0.0291. The number of rotatable bonds is 7. The lowest BCUT2D eigenvalue weighted by molar-refractivity contribution is 0.0440. The summed E-state index contributed by atoms with van der Waals surface area (Å²) in [6.07, 6.45) is 0. The SMILES string of the molecule is COc1ccccc1N(C)S(=O)(=O)c1ccc(C(=O)OCc2nc3ccccc3o2)cc1. The Morgan fingerprint density at radius 3 is 2.41 bits per heavy atom. The topological polar surface area (TPSA) is 98.9 Å². The maximum atomic E-state index is 13.0. The molecule has 3 aromatic carbocycles. The molecular formula is C23H20N2O6S. The van der Waals surface area contributed by atoms with Gasteiger partial charge in [-0.2, -0.15) is 0 Å². The van der Waals surface area contributed by atoms with Crippen LogP contribution in [0.4, 0.5) is 5.69 Å². The summed E-state index contributed by atoms with van der Waals surface area (Å²) in [5.41, 5.74) is 1.89. The van der Waals surface area contributed by atoms with Crippen LogP contribution in [0.1, 0.15) is 16.2 Å². The summed E-state index contributed by atoms with van der Waals surface area (Å²) in [6, 6.07) is 19.5. The van der Waals surface area contributed by atoms with Crippen molar-refractivity contribution in [1.29, 1.82) is 0 Å². The standard InChI is InChI=1S/C23H20N2O6S/c1-25(19-8-4-6-10-21(19)29-2)32(27,28)17-13-11-16(12-14-17)23(26)30-15-22-24-18-7-3-5-9-20(18)31-22/h3-14H,15H2,1-2H3. The quantitative estimate of drug-likeness (QED) is 0.391. The average Bonchev–Trinajstić information content (AvgIpc) is 3.25. The second kappa shape index (κ2) is 8.72. The molecule has 0 spiro atoms. The normalized spacial score (nSPS) is 11.3. The van der Waals surface area contributed by atoms with E-state index in [9.17, 15) is 13.2 Å². The highest BCUT2D eigenvalue weighted by atomic mass is 32.2. The summed E-state index contributed by atoms with van der Waals surface area (Å²) in [6.45, 7) is -0.135. The summed E-state index contributed by atoms with van der Waals surface area (Å²) < 4.78 is 43.2. The lowest BCUT2D eigenvalue weighted by Gasteiger charge is -2.21. The van der Waals surface area contributed by atoms with E-state index in [0.717, 1.165) is 4.31 Å². The fourth-order valence-corrected chi connectivity index (χ4v) is 4.34. The second-order valence-electron chi connectivity index (χ2n) is 6.82. The first-order valence-electron chi connectivity index (χ1n) is 9.64. The van der Waals surface area contributed by atoms with E-state index >= 15 is 0 Å². The van der Waals surface area contributed by atoms with Crippen LogP contribution in [0.3, 0.4) is 0 Å². The number of esters is 1. The molecule has 0 N–H and O–H groups in total. The van der Waals surface area contributed by atoms with Crippen LogP contribution in [0.15, 0.2) is 82.1 Å². The van der Waals surface area contributed by atoms with Gasteiger partial charge in [-0.25, -0.2) is 18.2 Å². The van der Waals surface area contributed by atoms with Gasteiger partial charge in [-0.1, -0.05) is 24.3 Å². The van der Waals surface area contributed by atoms with Crippen molar-refractivity contribution in [2.75, 3.05) is 18.5 Å². The highest BCUT2D eigenvalue weighted by molar-refractivity contribution is 7.92. The van der Waals surface area contributed by atoms with Gasteiger partial charge in [0.1, 0.15) is 11.3 Å². The molecule has 0 amide bonds. The Kier molecular flexibility index (Phi) is 5.83. The number of ether oxygens (including phenoxy) is 2. The second-order valence-corrected chi connectivity index (χ2v) is 8.79. The Bertz CT molecular complexity index is 1330. The molecule has 0 aliphatic carbocycles. The van der Waals surface area contributed by atoms with Crippen LogP contribution in [0.25, 0.3) is 11.1 Å². The van der Waals surface area contributed by atoms with Crippen LogP contribution in [0, 0.1) is 0 Å². The van der Waals surface area contributed by atoms with Gasteiger partial charge in [0.25, 0.3) is 10.0 Å². The number of oxazole rings is 1. The van der Waals surface area contributed by atoms with E-state index in [1.54, 1.807) is 36.4 Å². The molecule has 0 saturated carbocycles. The fraction of sp³-hybridized carbons (Fsp3) is 0.130. The van der Waals surface area contributed by atoms with Crippen LogP contribution in [-0.4, -0.2) is 33.5 Å². The number of fused-ring (bicyclic) bond motifs is 1. The van der Waals surface area contributed by atoms with Gasteiger partial charge in [0.2, 0.25) is 5.89 Å². The summed E-state index contributed by atoms with van der Waals surface area (Å²) in [5.74, 6) is 0.0874. The van der Waals surface area contributed by atoms with Gasteiger partial charge in [-0.3, -0.25) is 4.31 Å². The molecule has 0 aliphatic rings. The van der Waals surface area contributed by atoms with E-state index in [1.165, 1.54) is 38.4 Å². The number of anilines is 1. The van der Waals surface area contributed by atoms with Crippen molar-refractivity contribution in [3.8, 4) is 5.75 Å². The average molecular weight is 452 g/mol. The molecule has 1 heterocycles. The Balaban J connectivity index is 1.47. The monoisotopic (exact) mass is 452 g/mol. The predicted octanol–water partition coefficient (Wildman–Crippen LogP) is 4.02. The third-order valence-electron chi connectivity index (χ3n) is 4.84. The van der Waals surface area contributed by atoms with Crippen molar-refractivity contribution in [1.82, 2.24) is 4.98 Å². The van der Waals surface area contributed by atoms with Crippen molar-refractivity contribution in [3.63, 3.8) is 0 Å². The predicted molar refractivity (Wildman–Crippen MR) is 118 cm³/mol. The molecule has 4 aromatic rings. The molecule has 1 aromatic heterocycles. The highest BCUT2D eigenvalue weighted by Crippen LogP contribution is 2.31. The van der Waals surface area contributed by atoms with Gasteiger partial charge in [0.05, 0.1) is 23.3 Å². The van der Waals surface area contributed by atoms with Gasteiger partial charge in [0.15, 0.2) is 12.2 Å². The molecule has 32 heavy (non-hydrogen) atoms. The molecule has 0 saturated heterocycles. The largest absolute Gasteiger partial charge is 0.495 e. The van der Waals surface area contributed by atoms with Crippen LogP contribution in [0.5, 0.6) is 5.75 Å². The molecule has 164 valence electrons. The number of benzene rings is 3. The van der Waals surface area contributed by atoms with Gasteiger partial charge in [-0.15, -0.1) is 0 Å². The Hall–Kier alpha value is -3.85. The molecule has 0 atom stereocenters. The molecule has 0 aliphatic heterocycles. The molecular weight excluding hydrogens is 432 g/mol. The number of hydrogen-bond donors (Lipinski definition) is 0. The zero-order valence-corrected chi connectivity index (χ0v) is 18.2. The summed E-state index contributed by atoms with van der Waals surface area (Å²) in [5, 5.41) is 0. The maximum Gasteiger partial charge on any atom is 0.338 e. The summed E-state index contributed by atoms with van der Waals surface area (Å²) >= 11 is 0. The van der Waals surface area contributed by atoms with Gasteiger partial charge in [-0.05, 0) is 48.5 Å². The molecule has 0 unspecified atom stereocenters. The van der Waals surface area contributed by atoms with Crippen molar-refractivity contribution in [2.45, 2.75) is 11.5 Å².